The lowest BCUT2D eigenvalue weighted by molar-refractivity contribution is -0.132. The largest absolute Gasteiger partial charge is 0.323 e. The fourth-order valence-corrected chi connectivity index (χ4v) is 2.76. The predicted octanol–water partition coefficient (Wildman–Crippen LogP) is 2.90. The van der Waals surface area contributed by atoms with Gasteiger partial charge in [0.05, 0.1) is 12.2 Å². The third-order valence-electron chi connectivity index (χ3n) is 3.70. The van der Waals surface area contributed by atoms with E-state index in [1.165, 1.54) is 12.8 Å². The third kappa shape index (κ3) is 3.44. The van der Waals surface area contributed by atoms with Crippen molar-refractivity contribution in [3.8, 4) is 0 Å². The van der Waals surface area contributed by atoms with E-state index in [9.17, 15) is 4.79 Å². The number of nitrogens with one attached hydrogen (secondary N) is 1. The summed E-state index contributed by atoms with van der Waals surface area (Å²) in [5, 5.41) is 3.40. The van der Waals surface area contributed by atoms with Gasteiger partial charge in [-0.05, 0) is 26.2 Å². The number of rotatable bonds is 7. The molecule has 1 saturated heterocycles. The lowest BCUT2D eigenvalue weighted by Gasteiger charge is -2.32. The van der Waals surface area contributed by atoms with Crippen molar-refractivity contribution < 1.29 is 4.79 Å². The first kappa shape index (κ1) is 14.5. The maximum Gasteiger partial charge on any atom is 0.240 e. The molecule has 1 amide bonds. The van der Waals surface area contributed by atoms with Gasteiger partial charge in [0.25, 0.3) is 0 Å². The van der Waals surface area contributed by atoms with E-state index in [4.69, 9.17) is 0 Å². The highest BCUT2D eigenvalue weighted by Crippen LogP contribution is 2.23. The van der Waals surface area contributed by atoms with Crippen LogP contribution in [0.15, 0.2) is 0 Å². The number of carbonyl (C=O) groups is 1. The summed E-state index contributed by atoms with van der Waals surface area (Å²) >= 11 is 0. The Labute approximate surface area is 106 Å². The van der Waals surface area contributed by atoms with Gasteiger partial charge in [-0.1, -0.05) is 40.0 Å². The third-order valence-corrected chi connectivity index (χ3v) is 3.70. The highest BCUT2D eigenvalue weighted by molar-refractivity contribution is 5.84. The molecule has 3 nitrogen and oxygen atoms in total. The average molecular weight is 240 g/mol. The molecule has 0 aromatic carbocycles. The molecule has 1 heterocycles. The first-order valence-corrected chi connectivity index (χ1v) is 7.23. The molecular formula is C14H28N2O. The second kappa shape index (κ2) is 7.00. The Bertz CT molecular complexity index is 242. The summed E-state index contributed by atoms with van der Waals surface area (Å²) in [6.07, 6.45) is 7.13. The second-order valence-electron chi connectivity index (χ2n) is 5.14. The van der Waals surface area contributed by atoms with Crippen LogP contribution in [0, 0.1) is 0 Å². The molecule has 3 unspecified atom stereocenters. The van der Waals surface area contributed by atoms with Crippen molar-refractivity contribution in [2.24, 2.45) is 0 Å². The second-order valence-corrected chi connectivity index (χ2v) is 5.14. The normalized spacial score (nSPS) is 26.6. The van der Waals surface area contributed by atoms with Crippen molar-refractivity contribution in [1.29, 1.82) is 0 Å². The van der Waals surface area contributed by atoms with Gasteiger partial charge in [-0.15, -0.1) is 0 Å². The predicted molar refractivity (Wildman–Crippen MR) is 71.7 cm³/mol. The van der Waals surface area contributed by atoms with Crippen LogP contribution in [0.25, 0.3) is 0 Å². The molecule has 17 heavy (non-hydrogen) atoms. The maximum absolute atomic E-state index is 12.2. The summed E-state index contributed by atoms with van der Waals surface area (Å²) < 4.78 is 0. The van der Waals surface area contributed by atoms with E-state index in [0.717, 1.165) is 25.7 Å². The summed E-state index contributed by atoms with van der Waals surface area (Å²) in [4.78, 5) is 14.3. The molecule has 3 heteroatoms. The molecule has 0 aliphatic carbocycles. The first-order valence-electron chi connectivity index (χ1n) is 7.23. The van der Waals surface area contributed by atoms with Crippen LogP contribution in [-0.2, 0) is 4.79 Å². The molecule has 0 aromatic heterocycles. The molecule has 0 saturated carbocycles. The zero-order valence-corrected chi connectivity index (χ0v) is 11.8. The van der Waals surface area contributed by atoms with Gasteiger partial charge in [-0.3, -0.25) is 10.1 Å². The topological polar surface area (TPSA) is 32.3 Å². The Morgan fingerprint density at radius 3 is 2.47 bits per heavy atom. The van der Waals surface area contributed by atoms with Crippen molar-refractivity contribution in [1.82, 2.24) is 10.2 Å². The standard InChI is InChI=1S/C14H28N2O/c1-5-8-10-12(9-6-2)16-13(7-3)15-11(4)14(16)17/h11-13,15H,5-10H2,1-4H3. The molecule has 0 bridgehead atoms. The van der Waals surface area contributed by atoms with E-state index < -0.39 is 0 Å². The molecule has 100 valence electrons. The van der Waals surface area contributed by atoms with Crippen LogP contribution in [0.1, 0.15) is 66.2 Å². The van der Waals surface area contributed by atoms with Crippen LogP contribution in [-0.4, -0.2) is 29.1 Å². The van der Waals surface area contributed by atoms with E-state index in [1.54, 1.807) is 0 Å². The van der Waals surface area contributed by atoms with Gasteiger partial charge in [0.15, 0.2) is 0 Å². The van der Waals surface area contributed by atoms with Crippen LogP contribution >= 0.6 is 0 Å². The minimum Gasteiger partial charge on any atom is -0.323 e. The minimum absolute atomic E-state index is 0.000864. The van der Waals surface area contributed by atoms with E-state index in [1.807, 2.05) is 6.92 Å². The molecule has 0 spiro atoms. The molecule has 1 rings (SSSR count). The first-order chi connectivity index (χ1) is 8.15. The lowest BCUT2D eigenvalue weighted by Crippen LogP contribution is -2.44. The summed E-state index contributed by atoms with van der Waals surface area (Å²) in [6.45, 7) is 8.55. The van der Waals surface area contributed by atoms with Gasteiger partial charge >= 0.3 is 0 Å². The van der Waals surface area contributed by atoms with Crippen LogP contribution in [0.4, 0.5) is 0 Å². The van der Waals surface area contributed by atoms with Crippen molar-refractivity contribution in [3.63, 3.8) is 0 Å². The maximum atomic E-state index is 12.2. The van der Waals surface area contributed by atoms with Crippen LogP contribution in [0.3, 0.4) is 0 Å². The Morgan fingerprint density at radius 1 is 1.24 bits per heavy atom. The van der Waals surface area contributed by atoms with Gasteiger partial charge in [-0.2, -0.15) is 0 Å². The molecule has 1 aliphatic rings. The van der Waals surface area contributed by atoms with E-state index >= 15 is 0 Å². The molecule has 1 aliphatic heterocycles. The molecule has 0 radical (unpaired) electrons. The number of carbonyl (C=O) groups excluding carboxylic acids is 1. The SMILES string of the molecule is CCCCC(CCC)N1C(=O)C(C)NC1CC. The van der Waals surface area contributed by atoms with Crippen molar-refractivity contribution >= 4 is 5.91 Å². The van der Waals surface area contributed by atoms with E-state index in [0.29, 0.717) is 11.9 Å². The Morgan fingerprint density at radius 2 is 1.94 bits per heavy atom. The fourth-order valence-electron chi connectivity index (χ4n) is 2.76. The summed E-state index contributed by atoms with van der Waals surface area (Å²) in [6, 6.07) is 0.441. The van der Waals surface area contributed by atoms with Crippen LogP contribution < -0.4 is 5.32 Å². The van der Waals surface area contributed by atoms with E-state index in [2.05, 4.69) is 31.0 Å². The van der Waals surface area contributed by atoms with Crippen molar-refractivity contribution in [2.45, 2.75) is 84.5 Å². The molecule has 0 aromatic rings. The number of amides is 1. The van der Waals surface area contributed by atoms with Gasteiger partial charge in [-0.25, -0.2) is 0 Å². The van der Waals surface area contributed by atoms with Crippen LogP contribution in [0.2, 0.25) is 0 Å². The Balaban J connectivity index is 2.71. The minimum atomic E-state index is 0.000864. The number of nitrogens with zero attached hydrogens (tertiary/aromatic N) is 1. The Hall–Kier alpha value is -0.570. The van der Waals surface area contributed by atoms with Gasteiger partial charge in [0, 0.05) is 6.04 Å². The van der Waals surface area contributed by atoms with Gasteiger partial charge in [0.1, 0.15) is 0 Å². The molecule has 1 fully saturated rings. The molecular weight excluding hydrogens is 212 g/mol. The molecule has 3 atom stereocenters. The molecule has 1 N–H and O–H groups in total. The average Bonchev–Trinajstić information content (AvgIpc) is 2.61. The van der Waals surface area contributed by atoms with E-state index in [-0.39, 0.29) is 12.2 Å². The lowest BCUT2D eigenvalue weighted by atomic mass is 10.0. The number of hydrogen-bond acceptors (Lipinski definition) is 2. The zero-order chi connectivity index (χ0) is 12.8. The van der Waals surface area contributed by atoms with Gasteiger partial charge < -0.3 is 4.90 Å². The van der Waals surface area contributed by atoms with Crippen molar-refractivity contribution in [2.75, 3.05) is 0 Å². The number of hydrogen-bond donors (Lipinski definition) is 1. The van der Waals surface area contributed by atoms with Crippen LogP contribution in [0.5, 0.6) is 0 Å². The zero-order valence-electron chi connectivity index (χ0n) is 11.8. The van der Waals surface area contributed by atoms with Gasteiger partial charge in [0.2, 0.25) is 5.91 Å². The summed E-state index contributed by atoms with van der Waals surface area (Å²) in [5.74, 6) is 0.298. The monoisotopic (exact) mass is 240 g/mol. The highest BCUT2D eigenvalue weighted by Gasteiger charge is 2.38. The fraction of sp³-hybridized carbons (Fsp3) is 0.929. The smallest absolute Gasteiger partial charge is 0.240 e. The Kier molecular flexibility index (Phi) is 5.96. The number of unbranched alkanes of at least 4 members (excludes halogenated alkanes) is 1. The quantitative estimate of drug-likeness (QED) is 0.742. The highest BCUT2D eigenvalue weighted by atomic mass is 16.2. The van der Waals surface area contributed by atoms with Crippen molar-refractivity contribution in [3.05, 3.63) is 0 Å². The summed E-state index contributed by atoms with van der Waals surface area (Å²) in [7, 11) is 0. The summed E-state index contributed by atoms with van der Waals surface area (Å²) in [5.41, 5.74) is 0.